The van der Waals surface area contributed by atoms with E-state index in [1.807, 2.05) is 18.2 Å². The summed E-state index contributed by atoms with van der Waals surface area (Å²) in [4.78, 5) is 39.8. The number of aryl methyl sites for hydroxylation is 1. The molecule has 3 amide bonds. The normalized spacial score (nSPS) is 16.1. The van der Waals surface area contributed by atoms with Crippen LogP contribution in [0.15, 0.2) is 61.9 Å². The van der Waals surface area contributed by atoms with E-state index in [1.165, 1.54) is 11.3 Å². The summed E-state index contributed by atoms with van der Waals surface area (Å²) in [6, 6.07) is 1.72. The van der Waals surface area contributed by atoms with Crippen LogP contribution in [0.1, 0.15) is 25.7 Å². The van der Waals surface area contributed by atoms with Gasteiger partial charge in [0.15, 0.2) is 5.82 Å². The first-order valence-electron chi connectivity index (χ1n) is 11.4. The highest BCUT2D eigenvalue weighted by Gasteiger charge is 2.27. The van der Waals surface area contributed by atoms with Crippen LogP contribution >= 0.6 is 11.3 Å². The van der Waals surface area contributed by atoms with Crippen LogP contribution in [0, 0.1) is 5.92 Å². The minimum Gasteiger partial charge on any atom is -0.450 e. The quantitative estimate of drug-likeness (QED) is 0.387. The summed E-state index contributed by atoms with van der Waals surface area (Å²) in [5.74, 6) is 0.519. The predicted octanol–water partition coefficient (Wildman–Crippen LogP) is 3.34. The number of thiophene rings is 1. The molecule has 3 N–H and O–H groups in total. The van der Waals surface area contributed by atoms with Crippen LogP contribution in [0.4, 0.5) is 9.80 Å². The van der Waals surface area contributed by atoms with E-state index in [1.54, 1.807) is 24.4 Å². The van der Waals surface area contributed by atoms with Gasteiger partial charge in [0.25, 0.3) is 5.91 Å². The Kier molecular flexibility index (Phi) is 8.34. The van der Waals surface area contributed by atoms with Crippen LogP contribution in [-0.4, -0.2) is 47.7 Å². The van der Waals surface area contributed by atoms with Crippen LogP contribution in [0.2, 0.25) is 0 Å². The van der Waals surface area contributed by atoms with Gasteiger partial charge < -0.3 is 19.9 Å². The number of allylic oxidation sites excluding steroid dienone is 3. The second-order valence-electron chi connectivity index (χ2n) is 7.75. The molecule has 1 atom stereocenters. The number of amides is 3. The molecule has 0 fully saturated rings. The molecule has 188 valence electrons. The number of nitrogens with zero attached hydrogens (tertiary/aromatic N) is 4. The smallest absolute Gasteiger partial charge is 0.412 e. The molecule has 2 aliphatic rings. The van der Waals surface area contributed by atoms with E-state index in [9.17, 15) is 14.4 Å². The number of fused-ring (bicyclic) bond motifs is 1. The van der Waals surface area contributed by atoms with Gasteiger partial charge in [-0.2, -0.15) is 4.98 Å². The number of ether oxygens (including phenoxy) is 1. The zero-order valence-electron chi connectivity index (χ0n) is 19.5. The molecule has 12 nitrogen and oxygen atoms in total. The van der Waals surface area contributed by atoms with Gasteiger partial charge in [-0.25, -0.2) is 4.79 Å². The van der Waals surface area contributed by atoms with Crippen molar-refractivity contribution in [3.63, 3.8) is 0 Å². The molecular formula is C23H25N7O5S. The molecule has 2 aromatic rings. The van der Waals surface area contributed by atoms with Crippen molar-refractivity contribution in [2.75, 3.05) is 25.0 Å². The Labute approximate surface area is 210 Å². The molecule has 1 aliphatic heterocycles. The number of rotatable bonds is 11. The van der Waals surface area contributed by atoms with E-state index < -0.39 is 6.09 Å². The Balaban J connectivity index is 1.15. The third kappa shape index (κ3) is 6.50. The van der Waals surface area contributed by atoms with Crippen LogP contribution in [0.5, 0.6) is 0 Å². The van der Waals surface area contributed by atoms with Crippen molar-refractivity contribution in [3.05, 3.63) is 53.0 Å². The third-order valence-electron chi connectivity index (χ3n) is 5.17. The van der Waals surface area contributed by atoms with E-state index in [-0.39, 0.29) is 30.8 Å². The van der Waals surface area contributed by atoms with Crippen molar-refractivity contribution in [2.45, 2.75) is 26.2 Å². The molecule has 0 bridgehead atoms. The van der Waals surface area contributed by atoms with E-state index in [4.69, 9.17) is 9.26 Å². The van der Waals surface area contributed by atoms with Crippen molar-refractivity contribution in [1.29, 1.82) is 0 Å². The van der Waals surface area contributed by atoms with Crippen LogP contribution in [0.3, 0.4) is 0 Å². The maximum absolute atomic E-state index is 12.2. The van der Waals surface area contributed by atoms with Crippen molar-refractivity contribution in [3.8, 4) is 11.4 Å². The van der Waals surface area contributed by atoms with Crippen molar-refractivity contribution >= 4 is 34.2 Å². The number of azo groups is 1. The molecule has 4 rings (SSSR count). The molecule has 0 saturated carbocycles. The number of aromatic nitrogens is 2. The molecule has 3 heterocycles. The fraction of sp³-hybridized carbons (Fsp3) is 0.348. The van der Waals surface area contributed by atoms with E-state index in [2.05, 4.69) is 36.3 Å². The first-order chi connectivity index (χ1) is 17.5. The summed E-state index contributed by atoms with van der Waals surface area (Å²) < 4.78 is 10.1. The monoisotopic (exact) mass is 511 g/mol. The molecule has 2 aromatic heterocycles. The molecule has 0 aromatic carbocycles. The van der Waals surface area contributed by atoms with Gasteiger partial charge in [-0.1, -0.05) is 29.5 Å². The van der Waals surface area contributed by atoms with Crippen molar-refractivity contribution < 1.29 is 23.6 Å². The highest BCUT2D eigenvalue weighted by molar-refractivity contribution is 7.14. The topological polar surface area (TPSA) is 160 Å². The number of carbonyl (C=O) groups excluding carboxylic acids is 3. The first-order valence-corrected chi connectivity index (χ1v) is 12.3. The SMILES string of the molecule is CCOC(=O)Nc1cc(-c2noc(CCC(=O)NCCCNC3=C4C=CC=CC4C(=O)N=N3)n2)cs1. The Morgan fingerprint density at radius 2 is 2.11 bits per heavy atom. The summed E-state index contributed by atoms with van der Waals surface area (Å²) in [7, 11) is 0. The lowest BCUT2D eigenvalue weighted by Crippen LogP contribution is -2.28. The Morgan fingerprint density at radius 3 is 2.97 bits per heavy atom. The number of nitrogens with one attached hydrogen (secondary N) is 3. The van der Waals surface area contributed by atoms with Crippen LogP contribution in [0.25, 0.3) is 11.4 Å². The van der Waals surface area contributed by atoms with Gasteiger partial charge in [0, 0.05) is 42.4 Å². The van der Waals surface area contributed by atoms with Crippen molar-refractivity contribution in [2.24, 2.45) is 16.1 Å². The van der Waals surface area contributed by atoms with E-state index in [0.717, 1.165) is 5.57 Å². The standard InChI is InChI=1S/C23H25N7O5S/c1-2-34-23(33)27-19-12-14(13-36-19)20-26-18(35-30-20)9-8-17(31)24-10-5-11-25-21-15-6-3-4-7-16(15)22(32)29-28-21/h3-4,6-7,12-13,16,25H,2,5,8-11H2,1H3,(H,24,31)(H,27,33). The minimum absolute atomic E-state index is 0.128. The summed E-state index contributed by atoms with van der Waals surface area (Å²) in [5, 5.41) is 22.6. The molecule has 0 spiro atoms. The molecule has 1 unspecified atom stereocenters. The molecule has 0 radical (unpaired) electrons. The van der Waals surface area contributed by atoms with Gasteiger partial charge in [0.05, 0.1) is 17.5 Å². The fourth-order valence-electron chi connectivity index (χ4n) is 3.43. The average molecular weight is 512 g/mol. The molecule has 13 heteroatoms. The lowest BCUT2D eigenvalue weighted by molar-refractivity contribution is -0.121. The summed E-state index contributed by atoms with van der Waals surface area (Å²) in [5.41, 5.74) is 1.50. The van der Waals surface area contributed by atoms with Gasteiger partial charge in [0.2, 0.25) is 17.6 Å². The molecule has 0 saturated heterocycles. The minimum atomic E-state index is -0.525. The van der Waals surface area contributed by atoms with Crippen molar-refractivity contribution in [1.82, 2.24) is 20.8 Å². The zero-order chi connectivity index (χ0) is 25.3. The highest BCUT2D eigenvalue weighted by atomic mass is 32.1. The molecule has 1 aliphatic carbocycles. The largest absolute Gasteiger partial charge is 0.450 e. The Morgan fingerprint density at radius 1 is 1.22 bits per heavy atom. The summed E-state index contributed by atoms with van der Waals surface area (Å²) >= 11 is 1.32. The fourth-order valence-corrected chi connectivity index (χ4v) is 4.20. The van der Waals surface area contributed by atoms with E-state index in [0.29, 0.717) is 54.0 Å². The second kappa shape index (κ2) is 12.0. The Hall–Kier alpha value is -4.13. The van der Waals surface area contributed by atoms with Gasteiger partial charge in [0.1, 0.15) is 0 Å². The van der Waals surface area contributed by atoms with Gasteiger partial charge in [-0.05, 0) is 19.4 Å². The zero-order valence-corrected chi connectivity index (χ0v) is 20.3. The van der Waals surface area contributed by atoms with E-state index >= 15 is 0 Å². The average Bonchev–Trinajstić information content (AvgIpc) is 3.54. The van der Waals surface area contributed by atoms with Crippen LogP contribution < -0.4 is 16.0 Å². The second-order valence-corrected chi connectivity index (χ2v) is 8.66. The Bertz CT molecular complexity index is 1240. The maximum Gasteiger partial charge on any atom is 0.412 e. The maximum atomic E-state index is 12.2. The lowest BCUT2D eigenvalue weighted by atomic mass is 9.93. The number of carbonyl (C=O) groups is 3. The lowest BCUT2D eigenvalue weighted by Gasteiger charge is -2.20. The highest BCUT2D eigenvalue weighted by Crippen LogP contribution is 2.28. The molecular weight excluding hydrogens is 486 g/mol. The predicted molar refractivity (Wildman–Crippen MR) is 131 cm³/mol. The van der Waals surface area contributed by atoms with Gasteiger partial charge in [-0.3, -0.25) is 14.9 Å². The summed E-state index contributed by atoms with van der Waals surface area (Å²) in [6.45, 7) is 3.06. The third-order valence-corrected chi connectivity index (χ3v) is 6.02. The molecule has 36 heavy (non-hydrogen) atoms. The summed E-state index contributed by atoms with van der Waals surface area (Å²) in [6.07, 6.45) is 7.98. The van der Waals surface area contributed by atoms with Gasteiger partial charge in [-0.15, -0.1) is 21.6 Å². The van der Waals surface area contributed by atoms with Gasteiger partial charge >= 0.3 is 6.09 Å². The number of anilines is 1. The first kappa shape index (κ1) is 25.0. The number of hydrogen-bond donors (Lipinski definition) is 3. The number of hydrogen-bond acceptors (Lipinski definition) is 10. The van der Waals surface area contributed by atoms with Crippen LogP contribution in [-0.2, 0) is 20.7 Å².